The van der Waals surface area contributed by atoms with Crippen LogP contribution in [0.1, 0.15) is 41.3 Å². The molecule has 0 saturated heterocycles. The van der Waals surface area contributed by atoms with Crippen molar-refractivity contribution in [3.63, 3.8) is 0 Å². The van der Waals surface area contributed by atoms with Crippen molar-refractivity contribution in [2.24, 2.45) is 5.92 Å². The first-order valence-electron chi connectivity index (χ1n) is 11.2. The quantitative estimate of drug-likeness (QED) is 0.444. The number of fused-ring (bicyclic) bond motifs is 3. The molecule has 2 amide bonds. The Morgan fingerprint density at radius 2 is 1.54 bits per heavy atom. The molecular weight excluding hydrogens is 451 g/mol. The summed E-state index contributed by atoms with van der Waals surface area (Å²) < 4.78 is 20.0. The number of nitrogens with one attached hydrogen (secondary N) is 2. The van der Waals surface area contributed by atoms with Gasteiger partial charge in [-0.3, -0.25) is 10.1 Å². The number of carboxylic acid groups (broad SMARTS) is 1. The van der Waals surface area contributed by atoms with Gasteiger partial charge >= 0.3 is 12.1 Å². The van der Waals surface area contributed by atoms with Gasteiger partial charge in [0.1, 0.15) is 18.5 Å². The average Bonchev–Trinajstić information content (AvgIpc) is 3.15. The van der Waals surface area contributed by atoms with Crippen molar-refractivity contribution in [1.82, 2.24) is 5.32 Å². The number of anilines is 1. The van der Waals surface area contributed by atoms with Gasteiger partial charge in [0.05, 0.1) is 11.3 Å². The Morgan fingerprint density at radius 1 is 0.943 bits per heavy atom. The molecule has 0 unspecified atom stereocenters. The molecule has 8 heteroatoms. The minimum absolute atomic E-state index is 0.0181. The summed E-state index contributed by atoms with van der Waals surface area (Å²) in [6, 6.07) is 18.3. The van der Waals surface area contributed by atoms with Crippen LogP contribution in [0.4, 0.5) is 14.9 Å². The molecule has 3 N–H and O–H groups in total. The lowest BCUT2D eigenvalue weighted by Gasteiger charge is -2.19. The fourth-order valence-electron chi connectivity index (χ4n) is 4.31. The van der Waals surface area contributed by atoms with Crippen molar-refractivity contribution < 1.29 is 28.6 Å². The molecule has 7 nitrogen and oxygen atoms in total. The van der Waals surface area contributed by atoms with E-state index in [1.54, 1.807) is 13.8 Å². The Hall–Kier alpha value is -4.20. The molecule has 3 aromatic carbocycles. The van der Waals surface area contributed by atoms with E-state index < -0.39 is 35.7 Å². The molecule has 0 fully saturated rings. The summed E-state index contributed by atoms with van der Waals surface area (Å²) in [7, 11) is 0. The van der Waals surface area contributed by atoms with Crippen LogP contribution < -0.4 is 10.6 Å². The third kappa shape index (κ3) is 4.87. The molecule has 0 saturated carbocycles. The van der Waals surface area contributed by atoms with E-state index in [9.17, 15) is 23.9 Å². The highest BCUT2D eigenvalue weighted by Gasteiger charge is 2.30. The molecule has 1 aliphatic carbocycles. The van der Waals surface area contributed by atoms with E-state index in [0.717, 1.165) is 28.3 Å². The summed E-state index contributed by atoms with van der Waals surface area (Å²) in [4.78, 5) is 36.8. The monoisotopic (exact) mass is 476 g/mol. The van der Waals surface area contributed by atoms with Crippen LogP contribution in [0, 0.1) is 11.7 Å². The van der Waals surface area contributed by atoms with E-state index in [-0.39, 0.29) is 23.8 Å². The van der Waals surface area contributed by atoms with Crippen LogP contribution in [0.3, 0.4) is 0 Å². The molecule has 35 heavy (non-hydrogen) atoms. The standard InChI is InChI=1S/C27H25FN2O5/c1-15(2)23(26(32)33)29-25(31)20-12-7-13-22(28)24(20)30-27(34)35-14-21-18-10-5-3-8-16(18)17-9-4-6-11-19(17)21/h3-13,15,21,23H,14H2,1-2H3,(H,29,31)(H,30,34)(H,32,33)/t23-/m1/s1. The van der Waals surface area contributed by atoms with E-state index >= 15 is 0 Å². The van der Waals surface area contributed by atoms with Crippen molar-refractivity contribution in [2.45, 2.75) is 25.8 Å². The molecule has 4 rings (SSSR count). The van der Waals surface area contributed by atoms with Crippen molar-refractivity contribution >= 4 is 23.7 Å². The zero-order valence-electron chi connectivity index (χ0n) is 19.2. The second kappa shape index (κ2) is 9.97. The predicted molar refractivity (Wildman–Crippen MR) is 129 cm³/mol. The lowest BCUT2D eigenvalue weighted by atomic mass is 9.98. The number of amides is 2. The van der Waals surface area contributed by atoms with Gasteiger partial charge in [0.15, 0.2) is 0 Å². The van der Waals surface area contributed by atoms with Crippen molar-refractivity contribution in [1.29, 1.82) is 0 Å². The van der Waals surface area contributed by atoms with Crippen LogP contribution in [-0.4, -0.2) is 35.7 Å². The summed E-state index contributed by atoms with van der Waals surface area (Å²) in [5, 5.41) is 14.0. The molecule has 0 bridgehead atoms. The first-order valence-corrected chi connectivity index (χ1v) is 11.2. The number of benzene rings is 3. The zero-order valence-corrected chi connectivity index (χ0v) is 19.2. The first-order chi connectivity index (χ1) is 16.8. The van der Waals surface area contributed by atoms with E-state index in [1.807, 2.05) is 48.5 Å². The fourth-order valence-corrected chi connectivity index (χ4v) is 4.31. The van der Waals surface area contributed by atoms with Gasteiger partial charge in [0.2, 0.25) is 0 Å². The second-order valence-electron chi connectivity index (χ2n) is 8.65. The minimum atomic E-state index is -1.21. The Bertz CT molecular complexity index is 1240. The Kier molecular flexibility index (Phi) is 6.82. The summed E-state index contributed by atoms with van der Waals surface area (Å²) in [6.07, 6.45) is -0.926. The number of hydrogen-bond acceptors (Lipinski definition) is 4. The maximum atomic E-state index is 14.6. The number of halogens is 1. The highest BCUT2D eigenvalue weighted by atomic mass is 19.1. The van der Waals surface area contributed by atoms with Gasteiger partial charge in [-0.1, -0.05) is 68.4 Å². The summed E-state index contributed by atoms with van der Waals surface area (Å²) in [5.74, 6) is -3.46. The molecule has 180 valence electrons. The van der Waals surface area contributed by atoms with Gasteiger partial charge in [0.25, 0.3) is 5.91 Å². The highest BCUT2D eigenvalue weighted by molar-refractivity contribution is 6.04. The largest absolute Gasteiger partial charge is 0.480 e. The van der Waals surface area contributed by atoms with Crippen LogP contribution in [-0.2, 0) is 9.53 Å². The van der Waals surface area contributed by atoms with Crippen LogP contribution in [0.15, 0.2) is 66.7 Å². The maximum absolute atomic E-state index is 14.6. The molecule has 0 radical (unpaired) electrons. The van der Waals surface area contributed by atoms with E-state index in [4.69, 9.17) is 4.74 Å². The number of aliphatic carboxylic acids is 1. The molecule has 3 aromatic rings. The zero-order chi connectivity index (χ0) is 25.1. The van der Waals surface area contributed by atoms with Crippen LogP contribution in [0.25, 0.3) is 11.1 Å². The van der Waals surface area contributed by atoms with Gasteiger partial charge in [-0.2, -0.15) is 0 Å². The normalized spacial score (nSPS) is 13.0. The number of para-hydroxylation sites is 1. The average molecular weight is 477 g/mol. The molecule has 1 atom stereocenters. The van der Waals surface area contributed by atoms with Crippen LogP contribution in [0.5, 0.6) is 0 Å². The number of ether oxygens (including phenoxy) is 1. The Balaban J connectivity index is 1.50. The number of carbonyl (C=O) groups excluding carboxylic acids is 2. The lowest BCUT2D eigenvalue weighted by molar-refractivity contribution is -0.140. The highest BCUT2D eigenvalue weighted by Crippen LogP contribution is 2.44. The third-order valence-electron chi connectivity index (χ3n) is 6.05. The summed E-state index contributed by atoms with van der Waals surface area (Å²) >= 11 is 0. The first kappa shape index (κ1) is 23.9. The van der Waals surface area contributed by atoms with Crippen molar-refractivity contribution in [2.75, 3.05) is 11.9 Å². The number of carbonyl (C=O) groups is 3. The maximum Gasteiger partial charge on any atom is 0.411 e. The van der Waals surface area contributed by atoms with Crippen LogP contribution >= 0.6 is 0 Å². The molecule has 0 aliphatic heterocycles. The smallest absolute Gasteiger partial charge is 0.411 e. The van der Waals surface area contributed by atoms with Gasteiger partial charge in [-0.05, 0) is 40.3 Å². The van der Waals surface area contributed by atoms with Gasteiger partial charge in [-0.25, -0.2) is 14.0 Å². The fraction of sp³-hybridized carbons (Fsp3) is 0.222. The van der Waals surface area contributed by atoms with E-state index in [1.165, 1.54) is 12.1 Å². The van der Waals surface area contributed by atoms with Crippen molar-refractivity contribution in [3.05, 3.63) is 89.2 Å². The molecular formula is C27H25FN2O5. The molecule has 0 aromatic heterocycles. The van der Waals surface area contributed by atoms with Crippen molar-refractivity contribution in [3.8, 4) is 11.1 Å². The minimum Gasteiger partial charge on any atom is -0.480 e. The van der Waals surface area contributed by atoms with E-state index in [0.29, 0.717) is 0 Å². The number of hydrogen-bond donors (Lipinski definition) is 3. The lowest BCUT2D eigenvalue weighted by Crippen LogP contribution is -2.44. The van der Waals surface area contributed by atoms with Gasteiger partial charge in [-0.15, -0.1) is 0 Å². The second-order valence-corrected chi connectivity index (χ2v) is 8.65. The molecule has 0 heterocycles. The summed E-state index contributed by atoms with van der Waals surface area (Å²) in [6.45, 7) is 3.30. The third-order valence-corrected chi connectivity index (χ3v) is 6.05. The van der Waals surface area contributed by atoms with Crippen LogP contribution in [0.2, 0.25) is 0 Å². The van der Waals surface area contributed by atoms with Gasteiger partial charge < -0.3 is 15.2 Å². The topological polar surface area (TPSA) is 105 Å². The van der Waals surface area contributed by atoms with E-state index in [2.05, 4.69) is 10.6 Å². The van der Waals surface area contributed by atoms with Gasteiger partial charge in [0, 0.05) is 5.92 Å². The number of carboxylic acids is 1. The Morgan fingerprint density at radius 3 is 2.11 bits per heavy atom. The predicted octanol–water partition coefficient (Wildman–Crippen LogP) is 5.03. The molecule has 1 aliphatic rings. The summed E-state index contributed by atoms with van der Waals surface area (Å²) in [5.41, 5.74) is 3.62. The Labute approximate surface area is 201 Å². The SMILES string of the molecule is CC(C)[C@@H](NC(=O)c1cccc(F)c1NC(=O)OCC1c2ccccc2-c2ccccc21)C(=O)O. The molecule has 0 spiro atoms. The number of rotatable bonds is 7.